The van der Waals surface area contributed by atoms with Crippen molar-refractivity contribution >= 4 is 29.0 Å². The topological polar surface area (TPSA) is 207 Å². The van der Waals surface area contributed by atoms with Crippen molar-refractivity contribution in [3.05, 3.63) is 41.9 Å². The Hall–Kier alpha value is -4.27. The van der Waals surface area contributed by atoms with Crippen LogP contribution in [0.3, 0.4) is 0 Å². The summed E-state index contributed by atoms with van der Waals surface area (Å²) in [7, 11) is 1.45. The van der Waals surface area contributed by atoms with Crippen LogP contribution < -0.4 is 26.4 Å². The summed E-state index contributed by atoms with van der Waals surface area (Å²) >= 11 is 0. The summed E-state index contributed by atoms with van der Waals surface area (Å²) in [6.07, 6.45) is 2.50. The molecule has 0 spiro atoms. The number of ether oxygens (including phenoxy) is 2. The number of oxazole rings is 1. The molecule has 38 heavy (non-hydrogen) atoms. The normalized spacial score (nSPS) is 13.6. The van der Waals surface area contributed by atoms with Gasteiger partial charge < -0.3 is 45.8 Å². The summed E-state index contributed by atoms with van der Waals surface area (Å²) in [5, 5.41) is 34.8. The van der Waals surface area contributed by atoms with Crippen molar-refractivity contribution in [3.63, 3.8) is 0 Å². The molecule has 14 nitrogen and oxygen atoms in total. The first-order valence-electron chi connectivity index (χ1n) is 11.9. The number of nitrogens with one attached hydrogen (secondary N) is 3. The van der Waals surface area contributed by atoms with Crippen molar-refractivity contribution in [2.24, 2.45) is 11.7 Å². The van der Waals surface area contributed by atoms with Crippen LogP contribution in [0.1, 0.15) is 33.9 Å². The number of hydrogen-bond donors (Lipinski definition) is 6. The molecule has 0 aliphatic heterocycles. The zero-order chi connectivity index (χ0) is 27.1. The van der Waals surface area contributed by atoms with Crippen molar-refractivity contribution in [1.82, 2.24) is 20.5 Å². The number of aliphatic hydroxyl groups is 2. The lowest BCUT2D eigenvalue weighted by molar-refractivity contribution is 0.0784. The van der Waals surface area contributed by atoms with Crippen LogP contribution in [-0.4, -0.2) is 76.9 Å². The van der Waals surface area contributed by atoms with Gasteiger partial charge in [-0.05, 0) is 30.9 Å². The van der Waals surface area contributed by atoms with Gasteiger partial charge in [-0.3, -0.25) is 9.59 Å². The molecule has 3 aromatic rings. The summed E-state index contributed by atoms with van der Waals surface area (Å²) in [5.41, 5.74) is 6.56. The highest BCUT2D eigenvalue weighted by atomic mass is 16.5. The average molecular weight is 528 g/mol. The fourth-order valence-corrected chi connectivity index (χ4v) is 3.43. The number of aliphatic hydroxyl groups excluding tert-OH is 2. The molecular weight excluding hydrogens is 498 g/mol. The largest absolute Gasteiger partial charge is 0.494 e. The van der Waals surface area contributed by atoms with Crippen molar-refractivity contribution < 1.29 is 33.7 Å². The van der Waals surface area contributed by atoms with Gasteiger partial charge in [0.15, 0.2) is 17.3 Å². The molecule has 1 unspecified atom stereocenters. The van der Waals surface area contributed by atoms with Gasteiger partial charge in [-0.2, -0.15) is 0 Å². The second-order valence-corrected chi connectivity index (χ2v) is 8.58. The molecule has 1 aliphatic carbocycles. The van der Waals surface area contributed by atoms with E-state index in [9.17, 15) is 14.7 Å². The Morgan fingerprint density at radius 2 is 2.08 bits per heavy atom. The predicted octanol–water partition coefficient (Wildman–Crippen LogP) is 0.862. The van der Waals surface area contributed by atoms with E-state index in [-0.39, 0.29) is 36.3 Å². The van der Waals surface area contributed by atoms with Gasteiger partial charge in [-0.25, -0.2) is 4.98 Å². The van der Waals surface area contributed by atoms with Crippen LogP contribution in [0.4, 0.5) is 17.2 Å². The Morgan fingerprint density at radius 1 is 1.26 bits per heavy atom. The fourth-order valence-electron chi connectivity index (χ4n) is 3.43. The Kier molecular flexibility index (Phi) is 8.68. The van der Waals surface area contributed by atoms with Gasteiger partial charge in [-0.1, -0.05) is 6.07 Å². The molecule has 2 heterocycles. The van der Waals surface area contributed by atoms with Crippen molar-refractivity contribution in [3.8, 4) is 17.2 Å². The van der Waals surface area contributed by atoms with Crippen LogP contribution in [0.5, 0.6) is 5.75 Å². The molecule has 1 fully saturated rings. The van der Waals surface area contributed by atoms with E-state index in [1.165, 1.54) is 26.1 Å². The Balaban J connectivity index is 1.54. The van der Waals surface area contributed by atoms with Crippen molar-refractivity contribution in [1.29, 1.82) is 0 Å². The van der Waals surface area contributed by atoms with Crippen molar-refractivity contribution in [2.45, 2.75) is 18.9 Å². The number of carbonyl (C=O) groups is 2. The molecular formula is C24H29N7O7. The third kappa shape index (κ3) is 6.73. The van der Waals surface area contributed by atoms with E-state index in [0.29, 0.717) is 35.3 Å². The van der Waals surface area contributed by atoms with E-state index in [4.69, 9.17) is 24.7 Å². The average Bonchev–Trinajstić information content (AvgIpc) is 3.62. The molecule has 2 amide bonds. The molecule has 0 radical (unpaired) electrons. The monoisotopic (exact) mass is 527 g/mol. The molecule has 14 heteroatoms. The number of rotatable bonds is 14. The minimum absolute atomic E-state index is 0.0814. The van der Waals surface area contributed by atoms with Crippen LogP contribution in [-0.2, 0) is 4.74 Å². The third-order valence-corrected chi connectivity index (χ3v) is 5.59. The van der Waals surface area contributed by atoms with E-state index in [0.717, 1.165) is 0 Å². The van der Waals surface area contributed by atoms with Gasteiger partial charge in [0.1, 0.15) is 6.73 Å². The van der Waals surface area contributed by atoms with Crippen LogP contribution in [0.2, 0.25) is 0 Å². The van der Waals surface area contributed by atoms with Gasteiger partial charge >= 0.3 is 0 Å². The number of primary amides is 1. The predicted molar refractivity (Wildman–Crippen MR) is 135 cm³/mol. The lowest BCUT2D eigenvalue weighted by Gasteiger charge is -2.15. The maximum absolute atomic E-state index is 12.3. The third-order valence-electron chi connectivity index (χ3n) is 5.59. The smallest absolute Gasteiger partial charge is 0.288 e. The highest BCUT2D eigenvalue weighted by Gasteiger charge is 2.22. The number of benzene rings is 1. The Labute approximate surface area is 217 Å². The zero-order valence-corrected chi connectivity index (χ0v) is 20.6. The number of anilines is 3. The highest BCUT2D eigenvalue weighted by Crippen LogP contribution is 2.38. The standard InChI is InChI=1S/C24H29N7O7/c1-36-21-15(24-27-9-18(38-24)23(35)26-8-14(33)10-32)3-2-4-16(21)29-17-7-19(30-31-20(17)22(25)34)28-12-37-11-13-5-6-13/h2-4,7,9,13-14,32-33H,5-6,8,10-12H2,1H3,(H2,25,34)(H,26,35)(H2,28,29,30). The van der Waals surface area contributed by atoms with Gasteiger partial charge in [0.05, 0.1) is 49.6 Å². The Bertz CT molecular complexity index is 1280. The van der Waals surface area contributed by atoms with E-state index < -0.39 is 24.5 Å². The summed E-state index contributed by atoms with van der Waals surface area (Å²) in [6, 6.07) is 6.66. The zero-order valence-electron chi connectivity index (χ0n) is 20.6. The van der Waals surface area contributed by atoms with Gasteiger partial charge in [0, 0.05) is 12.6 Å². The molecule has 1 aromatic carbocycles. The molecule has 1 aliphatic rings. The SMILES string of the molecule is COc1c(Nc2cc(NCOCC3CC3)nnc2C(N)=O)cccc1-c1ncc(C(=O)NCC(O)CO)o1. The second kappa shape index (κ2) is 12.3. The summed E-state index contributed by atoms with van der Waals surface area (Å²) in [6.45, 7) is 0.261. The minimum atomic E-state index is -1.09. The highest BCUT2D eigenvalue weighted by molar-refractivity contribution is 5.98. The lowest BCUT2D eigenvalue weighted by atomic mass is 10.1. The molecule has 0 bridgehead atoms. The number of aromatic nitrogens is 3. The molecule has 202 valence electrons. The number of para-hydroxylation sites is 1. The first-order chi connectivity index (χ1) is 18.4. The summed E-state index contributed by atoms with van der Waals surface area (Å²) < 4.78 is 16.8. The number of nitrogens with zero attached hydrogens (tertiary/aromatic N) is 3. The fraction of sp³-hybridized carbons (Fsp3) is 0.375. The van der Waals surface area contributed by atoms with Gasteiger partial charge in [-0.15, -0.1) is 10.2 Å². The van der Waals surface area contributed by atoms with E-state index >= 15 is 0 Å². The molecule has 4 rings (SSSR count). The molecule has 1 saturated carbocycles. The number of nitrogens with two attached hydrogens (primary N) is 1. The molecule has 7 N–H and O–H groups in total. The maximum atomic E-state index is 12.3. The first-order valence-corrected chi connectivity index (χ1v) is 11.9. The van der Waals surface area contributed by atoms with Gasteiger partial charge in [0.25, 0.3) is 11.8 Å². The van der Waals surface area contributed by atoms with E-state index in [1.807, 2.05) is 0 Å². The van der Waals surface area contributed by atoms with Crippen molar-refractivity contribution in [2.75, 3.05) is 44.2 Å². The lowest BCUT2D eigenvalue weighted by Crippen LogP contribution is -2.33. The molecule has 2 aromatic heterocycles. The minimum Gasteiger partial charge on any atom is -0.494 e. The van der Waals surface area contributed by atoms with Crippen LogP contribution in [0.25, 0.3) is 11.5 Å². The number of hydrogen-bond acceptors (Lipinski definition) is 12. The van der Waals surface area contributed by atoms with Gasteiger partial charge in [0.2, 0.25) is 11.7 Å². The molecule has 1 atom stereocenters. The summed E-state index contributed by atoms with van der Waals surface area (Å²) in [4.78, 5) is 28.4. The number of carbonyl (C=O) groups excluding carboxylic acids is 2. The van der Waals surface area contributed by atoms with Crippen LogP contribution in [0.15, 0.2) is 34.9 Å². The molecule has 0 saturated heterocycles. The second-order valence-electron chi connectivity index (χ2n) is 8.58. The Morgan fingerprint density at radius 3 is 2.79 bits per heavy atom. The van der Waals surface area contributed by atoms with Crippen LogP contribution in [0, 0.1) is 5.92 Å². The van der Waals surface area contributed by atoms with E-state index in [1.54, 1.807) is 24.3 Å². The number of amides is 2. The van der Waals surface area contributed by atoms with E-state index in [2.05, 4.69) is 31.1 Å². The first kappa shape index (κ1) is 26.8. The van der Waals surface area contributed by atoms with Crippen LogP contribution >= 0.6 is 0 Å². The maximum Gasteiger partial charge on any atom is 0.288 e. The summed E-state index contributed by atoms with van der Waals surface area (Å²) in [5.74, 6) is -0.0908. The number of methoxy groups -OCH3 is 1. The quantitative estimate of drug-likeness (QED) is 0.127.